The topological polar surface area (TPSA) is 105 Å². The van der Waals surface area contributed by atoms with Crippen molar-refractivity contribution >= 4 is 27.3 Å². The van der Waals surface area contributed by atoms with Crippen molar-refractivity contribution in [3.8, 4) is 0 Å². The molecule has 0 saturated heterocycles. The minimum absolute atomic E-state index is 0.100. The van der Waals surface area contributed by atoms with Gasteiger partial charge in [0, 0.05) is 32.7 Å². The largest absolute Gasteiger partial charge is 0.397 e. The molecular weight excluding hydrogens is 292 g/mol. The van der Waals surface area contributed by atoms with Gasteiger partial charge in [-0.15, -0.1) is 0 Å². The van der Waals surface area contributed by atoms with Crippen LogP contribution in [0, 0.1) is 0 Å². The van der Waals surface area contributed by atoms with Crippen LogP contribution in [0.1, 0.15) is 16.8 Å². The van der Waals surface area contributed by atoms with Gasteiger partial charge in [-0.2, -0.15) is 0 Å². The number of nitrogen functional groups attached to an aromatic ring is 1. The van der Waals surface area contributed by atoms with Gasteiger partial charge in [0.15, 0.2) is 0 Å². The number of benzene rings is 1. The summed E-state index contributed by atoms with van der Waals surface area (Å²) in [4.78, 5) is 13.4. The lowest BCUT2D eigenvalue weighted by molar-refractivity contribution is 0.0827. The van der Waals surface area contributed by atoms with Gasteiger partial charge in [0.1, 0.15) is 0 Å². The first kappa shape index (κ1) is 17.3. The van der Waals surface area contributed by atoms with Crippen LogP contribution in [0.25, 0.3) is 0 Å². The molecule has 0 unspecified atom stereocenters. The predicted molar refractivity (Wildman–Crippen MR) is 84.8 cm³/mol. The molecule has 0 saturated carbocycles. The van der Waals surface area contributed by atoms with Crippen molar-refractivity contribution in [1.82, 2.24) is 9.62 Å². The van der Waals surface area contributed by atoms with E-state index in [1.165, 1.54) is 4.90 Å². The molecule has 0 radical (unpaired) electrons. The highest BCUT2D eigenvalue weighted by molar-refractivity contribution is 7.88. The Hall–Kier alpha value is -1.80. The molecule has 21 heavy (non-hydrogen) atoms. The zero-order valence-electron chi connectivity index (χ0n) is 12.5. The Balaban J connectivity index is 2.58. The number of nitrogens with zero attached hydrogens (tertiary/aromatic N) is 1. The predicted octanol–water partition coefficient (Wildman–Crippen LogP) is 0.322. The molecule has 1 amide bonds. The number of nitrogens with two attached hydrogens (primary N) is 1. The molecule has 0 fully saturated rings. The average Bonchev–Trinajstić information content (AvgIpc) is 2.38. The van der Waals surface area contributed by atoms with Gasteiger partial charge in [-0.1, -0.05) is 0 Å². The minimum atomic E-state index is -3.16. The van der Waals surface area contributed by atoms with Crippen LogP contribution in [0.15, 0.2) is 18.2 Å². The monoisotopic (exact) mass is 314 g/mol. The zero-order chi connectivity index (χ0) is 16.0. The highest BCUT2D eigenvalue weighted by Crippen LogP contribution is 2.20. The molecule has 7 nitrogen and oxygen atoms in total. The summed E-state index contributed by atoms with van der Waals surface area (Å²) in [5.41, 5.74) is 7.61. The first-order valence-corrected chi connectivity index (χ1v) is 8.39. The molecule has 1 rings (SSSR count). The maximum atomic E-state index is 11.9. The van der Waals surface area contributed by atoms with E-state index in [1.54, 1.807) is 32.3 Å². The summed E-state index contributed by atoms with van der Waals surface area (Å²) in [6.07, 6.45) is 1.73. The summed E-state index contributed by atoms with van der Waals surface area (Å²) >= 11 is 0. The molecule has 4 N–H and O–H groups in total. The fraction of sp³-hybridized carbons (Fsp3) is 0.462. The molecule has 0 aliphatic rings. The number of hydrogen-bond donors (Lipinski definition) is 3. The van der Waals surface area contributed by atoms with Gasteiger partial charge < -0.3 is 16.0 Å². The number of nitrogens with one attached hydrogen (secondary N) is 2. The number of amides is 1. The van der Waals surface area contributed by atoms with E-state index in [0.717, 1.165) is 6.26 Å². The van der Waals surface area contributed by atoms with Crippen LogP contribution in [0.4, 0.5) is 11.4 Å². The van der Waals surface area contributed by atoms with Crippen LogP contribution in [0.5, 0.6) is 0 Å². The third-order valence-corrected chi connectivity index (χ3v) is 3.47. The summed E-state index contributed by atoms with van der Waals surface area (Å²) in [5.74, 6) is -0.100. The lowest BCUT2D eigenvalue weighted by Gasteiger charge is -2.14. The van der Waals surface area contributed by atoms with Crippen LogP contribution >= 0.6 is 0 Å². The Labute approximate surface area is 125 Å². The molecule has 0 heterocycles. The van der Waals surface area contributed by atoms with Crippen molar-refractivity contribution in [1.29, 1.82) is 0 Å². The van der Waals surface area contributed by atoms with E-state index < -0.39 is 10.0 Å². The molecule has 0 aliphatic carbocycles. The Morgan fingerprint density at radius 2 is 1.95 bits per heavy atom. The number of carbonyl (C=O) groups excluding carboxylic acids is 1. The molecule has 0 atom stereocenters. The summed E-state index contributed by atoms with van der Waals surface area (Å²) in [6.45, 7) is 0.897. The summed E-state index contributed by atoms with van der Waals surface area (Å²) in [7, 11) is 0.209. The van der Waals surface area contributed by atoms with Crippen molar-refractivity contribution in [3.05, 3.63) is 23.8 Å². The van der Waals surface area contributed by atoms with E-state index in [4.69, 9.17) is 5.73 Å². The highest BCUT2D eigenvalue weighted by atomic mass is 32.2. The molecule has 8 heteroatoms. The van der Waals surface area contributed by atoms with Gasteiger partial charge in [0.25, 0.3) is 5.91 Å². The van der Waals surface area contributed by atoms with Gasteiger partial charge in [0.05, 0.1) is 17.6 Å². The highest BCUT2D eigenvalue weighted by Gasteiger charge is 2.10. The average molecular weight is 314 g/mol. The first-order valence-electron chi connectivity index (χ1n) is 6.50. The summed E-state index contributed by atoms with van der Waals surface area (Å²) in [6, 6.07) is 5.05. The maximum Gasteiger partial charge on any atom is 0.253 e. The van der Waals surface area contributed by atoms with Gasteiger partial charge in [-0.25, -0.2) is 13.1 Å². The fourth-order valence-electron chi connectivity index (χ4n) is 1.67. The van der Waals surface area contributed by atoms with Crippen LogP contribution < -0.4 is 15.8 Å². The molecule has 1 aromatic rings. The van der Waals surface area contributed by atoms with Crippen molar-refractivity contribution in [3.63, 3.8) is 0 Å². The molecule has 0 bridgehead atoms. The van der Waals surface area contributed by atoms with Crippen LogP contribution in [0.2, 0.25) is 0 Å². The standard InChI is InChI=1S/C13H22N4O3S/c1-17(2)13(18)10-5-6-11(14)12(9-10)15-7-4-8-16-21(3,19)20/h5-6,9,15-16H,4,7-8,14H2,1-3H3. The molecule has 0 aliphatic heterocycles. The number of anilines is 2. The van der Waals surface area contributed by atoms with E-state index in [-0.39, 0.29) is 5.91 Å². The smallest absolute Gasteiger partial charge is 0.253 e. The Kier molecular flexibility index (Phi) is 5.98. The Morgan fingerprint density at radius 1 is 1.29 bits per heavy atom. The number of sulfonamides is 1. The van der Waals surface area contributed by atoms with Gasteiger partial charge in [0.2, 0.25) is 10.0 Å². The zero-order valence-corrected chi connectivity index (χ0v) is 13.3. The Bertz CT molecular complexity index is 599. The van der Waals surface area contributed by atoms with E-state index in [2.05, 4.69) is 10.0 Å². The van der Waals surface area contributed by atoms with Gasteiger partial charge in [-0.05, 0) is 24.6 Å². The number of rotatable bonds is 7. The normalized spacial score (nSPS) is 11.2. The van der Waals surface area contributed by atoms with E-state index in [1.807, 2.05) is 0 Å². The quantitative estimate of drug-likeness (QED) is 0.497. The van der Waals surface area contributed by atoms with E-state index >= 15 is 0 Å². The molecule has 0 spiro atoms. The van der Waals surface area contributed by atoms with E-state index in [9.17, 15) is 13.2 Å². The van der Waals surface area contributed by atoms with Crippen molar-refractivity contribution in [2.45, 2.75) is 6.42 Å². The minimum Gasteiger partial charge on any atom is -0.397 e. The maximum absolute atomic E-state index is 11.9. The van der Waals surface area contributed by atoms with Gasteiger partial charge in [-0.3, -0.25) is 4.79 Å². The lowest BCUT2D eigenvalue weighted by Crippen LogP contribution is -2.24. The van der Waals surface area contributed by atoms with E-state index in [0.29, 0.717) is 36.4 Å². The van der Waals surface area contributed by atoms with Gasteiger partial charge >= 0.3 is 0 Å². The second-order valence-electron chi connectivity index (χ2n) is 4.95. The molecule has 118 valence electrons. The van der Waals surface area contributed by atoms with Crippen LogP contribution in [0.3, 0.4) is 0 Å². The van der Waals surface area contributed by atoms with Crippen molar-refractivity contribution in [2.75, 3.05) is 44.5 Å². The second kappa shape index (κ2) is 7.28. The van der Waals surface area contributed by atoms with Crippen molar-refractivity contribution in [2.24, 2.45) is 0 Å². The summed E-state index contributed by atoms with van der Waals surface area (Å²) in [5, 5.41) is 3.10. The number of hydrogen-bond acceptors (Lipinski definition) is 5. The number of carbonyl (C=O) groups is 1. The fourth-order valence-corrected chi connectivity index (χ4v) is 2.18. The SMILES string of the molecule is CN(C)C(=O)c1ccc(N)c(NCCCNS(C)(=O)=O)c1. The molecular formula is C13H22N4O3S. The first-order chi connectivity index (χ1) is 9.70. The van der Waals surface area contributed by atoms with Crippen LogP contribution in [-0.2, 0) is 10.0 Å². The Morgan fingerprint density at radius 3 is 2.52 bits per heavy atom. The second-order valence-corrected chi connectivity index (χ2v) is 6.78. The third kappa shape index (κ3) is 6.01. The lowest BCUT2D eigenvalue weighted by atomic mass is 10.1. The molecule has 0 aromatic heterocycles. The van der Waals surface area contributed by atoms with Crippen LogP contribution in [-0.4, -0.2) is 52.7 Å². The third-order valence-electron chi connectivity index (χ3n) is 2.74. The molecule has 1 aromatic carbocycles. The van der Waals surface area contributed by atoms with Crippen molar-refractivity contribution < 1.29 is 13.2 Å². The summed E-state index contributed by atoms with van der Waals surface area (Å²) < 4.78 is 24.2.